The zero-order valence-electron chi connectivity index (χ0n) is 13.0. The Morgan fingerprint density at radius 3 is 2.58 bits per heavy atom. The number of hydrogen-bond donors (Lipinski definition) is 2. The number of rotatable bonds is 6. The summed E-state index contributed by atoms with van der Waals surface area (Å²) in [7, 11) is 0. The Bertz CT molecular complexity index is 747. The minimum Gasteiger partial charge on any atom is -0.508 e. The molecule has 0 aliphatic carbocycles. The number of nitrogens with zero attached hydrogens (tertiary/aromatic N) is 1. The lowest BCUT2D eigenvalue weighted by atomic mass is 9.97. The van der Waals surface area contributed by atoms with Crippen molar-refractivity contribution in [2.45, 2.75) is 25.8 Å². The standard InChI is InChI=1S/C17H17FN2O4/c1-11(12-2-4-14(18)5-3-12)8-17(22)19-10-13-9-15(20(23)24)6-7-16(13)21/h2-7,9,11,21H,8,10H2,1H3,(H,19,22)/t11-/m1/s1. The molecule has 1 atom stereocenters. The molecule has 24 heavy (non-hydrogen) atoms. The molecule has 7 heteroatoms. The number of aromatic hydroxyl groups is 1. The molecule has 1 amide bonds. The summed E-state index contributed by atoms with van der Waals surface area (Å²) < 4.78 is 12.9. The van der Waals surface area contributed by atoms with E-state index < -0.39 is 4.92 Å². The van der Waals surface area contributed by atoms with Crippen molar-refractivity contribution < 1.29 is 19.2 Å². The molecule has 0 spiro atoms. The quantitative estimate of drug-likeness (QED) is 0.627. The third-order valence-electron chi connectivity index (χ3n) is 3.68. The van der Waals surface area contributed by atoms with Crippen molar-refractivity contribution in [1.29, 1.82) is 0 Å². The Morgan fingerprint density at radius 2 is 1.96 bits per heavy atom. The number of non-ortho nitro benzene ring substituents is 1. The van der Waals surface area contributed by atoms with Crippen molar-refractivity contribution in [2.24, 2.45) is 0 Å². The maximum absolute atomic E-state index is 12.9. The average molecular weight is 332 g/mol. The summed E-state index contributed by atoms with van der Waals surface area (Å²) in [6.45, 7) is 1.83. The van der Waals surface area contributed by atoms with Crippen LogP contribution in [0.5, 0.6) is 5.75 Å². The van der Waals surface area contributed by atoms with Crippen LogP contribution in [0.3, 0.4) is 0 Å². The molecule has 6 nitrogen and oxygen atoms in total. The van der Waals surface area contributed by atoms with Gasteiger partial charge in [0.15, 0.2) is 0 Å². The van der Waals surface area contributed by atoms with Gasteiger partial charge in [-0.25, -0.2) is 4.39 Å². The number of nitrogens with one attached hydrogen (secondary N) is 1. The number of halogens is 1. The van der Waals surface area contributed by atoms with Gasteiger partial charge in [-0.3, -0.25) is 14.9 Å². The predicted octanol–water partition coefficient (Wildman–Crippen LogP) is 3.25. The zero-order chi connectivity index (χ0) is 17.7. The van der Waals surface area contributed by atoms with Gasteiger partial charge in [0.05, 0.1) is 4.92 Å². The molecule has 0 fully saturated rings. The van der Waals surface area contributed by atoms with Gasteiger partial charge in [-0.05, 0) is 29.7 Å². The second-order valence-corrected chi connectivity index (χ2v) is 5.50. The highest BCUT2D eigenvalue weighted by Gasteiger charge is 2.14. The van der Waals surface area contributed by atoms with Crippen LogP contribution in [0, 0.1) is 15.9 Å². The molecule has 0 aliphatic heterocycles. The summed E-state index contributed by atoms with van der Waals surface area (Å²) in [5, 5.41) is 23.1. The fourth-order valence-corrected chi connectivity index (χ4v) is 2.28. The van der Waals surface area contributed by atoms with Crippen LogP contribution < -0.4 is 5.32 Å². The zero-order valence-corrected chi connectivity index (χ0v) is 13.0. The molecular weight excluding hydrogens is 315 g/mol. The van der Waals surface area contributed by atoms with Gasteiger partial charge in [0.1, 0.15) is 11.6 Å². The Labute approximate surface area is 138 Å². The third-order valence-corrected chi connectivity index (χ3v) is 3.68. The molecule has 2 N–H and O–H groups in total. The number of nitro benzene ring substituents is 1. The minimum absolute atomic E-state index is 0.0114. The molecule has 2 aromatic carbocycles. The topological polar surface area (TPSA) is 92.5 Å². The van der Waals surface area contributed by atoms with Crippen molar-refractivity contribution in [3.05, 3.63) is 69.5 Å². The minimum atomic E-state index is -0.568. The molecule has 0 aromatic heterocycles. The number of carbonyl (C=O) groups is 1. The van der Waals surface area contributed by atoms with Gasteiger partial charge in [0.2, 0.25) is 5.91 Å². The monoisotopic (exact) mass is 332 g/mol. The van der Waals surface area contributed by atoms with Crippen LogP contribution in [0.2, 0.25) is 0 Å². The van der Waals surface area contributed by atoms with Crippen LogP contribution in [0.1, 0.15) is 30.4 Å². The van der Waals surface area contributed by atoms with Crippen LogP contribution in [-0.2, 0) is 11.3 Å². The van der Waals surface area contributed by atoms with Gasteiger partial charge >= 0.3 is 0 Å². The second kappa shape index (κ2) is 7.54. The SMILES string of the molecule is C[C@H](CC(=O)NCc1cc([N+](=O)[O-])ccc1O)c1ccc(F)cc1. The lowest BCUT2D eigenvalue weighted by Crippen LogP contribution is -2.24. The van der Waals surface area contributed by atoms with Crippen molar-refractivity contribution >= 4 is 11.6 Å². The molecular formula is C17H17FN2O4. The van der Waals surface area contributed by atoms with Gasteiger partial charge in [-0.2, -0.15) is 0 Å². The normalized spacial score (nSPS) is 11.8. The van der Waals surface area contributed by atoms with Crippen LogP contribution in [0.4, 0.5) is 10.1 Å². The first kappa shape index (κ1) is 17.4. The number of amides is 1. The van der Waals surface area contributed by atoms with Crippen LogP contribution in [0.25, 0.3) is 0 Å². The van der Waals surface area contributed by atoms with Gasteiger partial charge in [0.25, 0.3) is 5.69 Å². The fraction of sp³-hybridized carbons (Fsp3) is 0.235. The van der Waals surface area contributed by atoms with Crippen molar-refractivity contribution in [3.8, 4) is 5.75 Å². The summed E-state index contributed by atoms with van der Waals surface area (Å²) in [5.74, 6) is -0.828. The molecule has 0 saturated carbocycles. The number of carbonyl (C=O) groups excluding carboxylic acids is 1. The van der Waals surface area contributed by atoms with E-state index in [2.05, 4.69) is 5.32 Å². The highest BCUT2D eigenvalue weighted by atomic mass is 19.1. The number of nitro groups is 1. The summed E-state index contributed by atoms with van der Waals surface area (Å²) in [5.41, 5.74) is 0.952. The van der Waals surface area contributed by atoms with E-state index in [4.69, 9.17) is 0 Å². The number of phenolic OH excluding ortho intramolecular Hbond substituents is 1. The summed E-state index contributed by atoms with van der Waals surface area (Å²) >= 11 is 0. The van der Waals surface area contributed by atoms with Gasteiger partial charge in [-0.1, -0.05) is 19.1 Å². The Kier molecular flexibility index (Phi) is 5.47. The molecule has 0 unspecified atom stereocenters. The first-order valence-corrected chi connectivity index (χ1v) is 7.35. The maximum atomic E-state index is 12.9. The third kappa shape index (κ3) is 4.52. The van der Waals surface area contributed by atoms with Gasteiger partial charge < -0.3 is 10.4 Å². The number of hydrogen-bond acceptors (Lipinski definition) is 4. The molecule has 0 heterocycles. The average Bonchev–Trinajstić information content (AvgIpc) is 2.54. The Balaban J connectivity index is 1.94. The van der Waals surface area contributed by atoms with Crippen molar-refractivity contribution in [3.63, 3.8) is 0 Å². The molecule has 2 rings (SSSR count). The smallest absolute Gasteiger partial charge is 0.270 e. The van der Waals surface area contributed by atoms with E-state index in [0.29, 0.717) is 0 Å². The highest BCUT2D eigenvalue weighted by Crippen LogP contribution is 2.23. The fourth-order valence-electron chi connectivity index (χ4n) is 2.28. The van der Waals surface area contributed by atoms with E-state index >= 15 is 0 Å². The van der Waals surface area contributed by atoms with E-state index in [1.165, 1.54) is 30.3 Å². The Morgan fingerprint density at radius 1 is 1.29 bits per heavy atom. The molecule has 0 aliphatic rings. The summed E-state index contributed by atoms with van der Waals surface area (Å²) in [6, 6.07) is 9.56. The Hall–Kier alpha value is -2.96. The van der Waals surface area contributed by atoms with Crippen LogP contribution >= 0.6 is 0 Å². The summed E-state index contributed by atoms with van der Waals surface area (Å²) in [4.78, 5) is 22.2. The van der Waals surface area contributed by atoms with Gasteiger partial charge in [0, 0.05) is 30.7 Å². The summed E-state index contributed by atoms with van der Waals surface area (Å²) in [6.07, 6.45) is 0.182. The predicted molar refractivity (Wildman–Crippen MR) is 86.0 cm³/mol. The van der Waals surface area contributed by atoms with Crippen LogP contribution in [0.15, 0.2) is 42.5 Å². The molecule has 0 radical (unpaired) electrons. The van der Waals surface area contributed by atoms with Crippen molar-refractivity contribution in [2.75, 3.05) is 0 Å². The first-order valence-electron chi connectivity index (χ1n) is 7.35. The molecule has 0 saturated heterocycles. The van der Waals surface area contributed by atoms with Crippen molar-refractivity contribution in [1.82, 2.24) is 5.32 Å². The maximum Gasteiger partial charge on any atom is 0.270 e. The first-order chi connectivity index (χ1) is 11.4. The second-order valence-electron chi connectivity index (χ2n) is 5.50. The van der Waals surface area contributed by atoms with Gasteiger partial charge in [-0.15, -0.1) is 0 Å². The van der Waals surface area contributed by atoms with E-state index in [9.17, 15) is 24.4 Å². The molecule has 0 bridgehead atoms. The lowest BCUT2D eigenvalue weighted by Gasteiger charge is -2.12. The van der Waals surface area contributed by atoms with Crippen LogP contribution in [-0.4, -0.2) is 15.9 Å². The van der Waals surface area contributed by atoms with E-state index in [-0.39, 0.29) is 47.6 Å². The molecule has 126 valence electrons. The number of benzene rings is 2. The largest absolute Gasteiger partial charge is 0.508 e. The lowest BCUT2D eigenvalue weighted by molar-refractivity contribution is -0.384. The number of phenols is 1. The van der Waals surface area contributed by atoms with E-state index in [1.807, 2.05) is 6.92 Å². The molecule has 2 aromatic rings. The van der Waals surface area contributed by atoms with E-state index in [0.717, 1.165) is 5.56 Å². The highest BCUT2D eigenvalue weighted by molar-refractivity contribution is 5.77. The van der Waals surface area contributed by atoms with E-state index in [1.54, 1.807) is 12.1 Å².